The van der Waals surface area contributed by atoms with E-state index in [0.29, 0.717) is 13.0 Å². The van der Waals surface area contributed by atoms with E-state index in [1.54, 1.807) is 0 Å². The summed E-state index contributed by atoms with van der Waals surface area (Å²) in [5.41, 5.74) is -0.383. The van der Waals surface area contributed by atoms with E-state index in [4.69, 9.17) is 0 Å². The molecule has 0 spiro atoms. The van der Waals surface area contributed by atoms with Crippen LogP contribution in [0.25, 0.3) is 0 Å². The molecule has 114 valence electrons. The van der Waals surface area contributed by atoms with E-state index in [1.807, 2.05) is 4.90 Å². The molecule has 5 heteroatoms. The van der Waals surface area contributed by atoms with Crippen LogP contribution in [0.4, 0.5) is 0 Å². The molecule has 2 heterocycles. The molecule has 5 nitrogen and oxygen atoms in total. The lowest BCUT2D eigenvalue weighted by atomic mass is 9.91. The number of hydrogen-bond donors (Lipinski definition) is 2. The molecule has 2 amide bonds. The molecular weight excluding hydrogens is 254 g/mol. The molecule has 0 aromatic carbocycles. The first-order valence-electron chi connectivity index (χ1n) is 7.99. The first kappa shape index (κ1) is 15.3. The fraction of sp³-hybridized carbons (Fsp3) is 0.867. The lowest BCUT2D eigenvalue weighted by Crippen LogP contribution is -2.53. The number of hydrogen-bond acceptors (Lipinski definition) is 3. The zero-order valence-corrected chi connectivity index (χ0v) is 12.5. The minimum atomic E-state index is -0.383. The summed E-state index contributed by atoms with van der Waals surface area (Å²) in [6.07, 6.45) is 6.48. The molecule has 2 fully saturated rings. The van der Waals surface area contributed by atoms with Gasteiger partial charge in [-0.15, -0.1) is 0 Å². The average molecular weight is 281 g/mol. The first-order valence-corrected chi connectivity index (χ1v) is 7.99. The van der Waals surface area contributed by atoms with Gasteiger partial charge < -0.3 is 15.5 Å². The van der Waals surface area contributed by atoms with Crippen molar-refractivity contribution in [2.45, 2.75) is 57.4 Å². The number of carbonyl (C=O) groups is 2. The minimum absolute atomic E-state index is 0.0751. The highest BCUT2D eigenvalue weighted by Gasteiger charge is 2.39. The van der Waals surface area contributed by atoms with Crippen LogP contribution >= 0.6 is 0 Å². The van der Waals surface area contributed by atoms with Crippen molar-refractivity contribution >= 4 is 11.8 Å². The molecule has 0 aromatic heterocycles. The van der Waals surface area contributed by atoms with Crippen LogP contribution in [-0.2, 0) is 9.59 Å². The van der Waals surface area contributed by atoms with Gasteiger partial charge in [0.1, 0.15) is 0 Å². The molecule has 0 bridgehead atoms. The SMILES string of the molecule is CCCC1(C(=O)NCCC(=O)N2CCCC2)CCCN1. The van der Waals surface area contributed by atoms with Crippen molar-refractivity contribution in [3.8, 4) is 0 Å². The Balaban J connectivity index is 1.74. The molecule has 2 saturated heterocycles. The molecule has 2 rings (SSSR count). The summed E-state index contributed by atoms with van der Waals surface area (Å²) < 4.78 is 0. The second-order valence-electron chi connectivity index (χ2n) is 5.96. The van der Waals surface area contributed by atoms with Crippen LogP contribution in [0.1, 0.15) is 51.9 Å². The predicted molar refractivity (Wildman–Crippen MR) is 78.3 cm³/mol. The maximum Gasteiger partial charge on any atom is 0.240 e. The zero-order chi connectivity index (χ0) is 14.4. The highest BCUT2D eigenvalue weighted by Crippen LogP contribution is 2.24. The lowest BCUT2D eigenvalue weighted by molar-refractivity contribution is -0.130. The fourth-order valence-corrected chi connectivity index (χ4v) is 3.33. The predicted octanol–water partition coefficient (Wildman–Crippen LogP) is 1.04. The maximum atomic E-state index is 12.4. The van der Waals surface area contributed by atoms with Crippen molar-refractivity contribution < 1.29 is 9.59 Å². The normalized spacial score (nSPS) is 25.9. The third kappa shape index (κ3) is 3.51. The van der Waals surface area contributed by atoms with E-state index in [1.165, 1.54) is 0 Å². The molecule has 2 aliphatic heterocycles. The van der Waals surface area contributed by atoms with Crippen LogP contribution in [-0.4, -0.2) is 48.4 Å². The molecule has 0 aliphatic carbocycles. The number of nitrogens with zero attached hydrogens (tertiary/aromatic N) is 1. The quantitative estimate of drug-likeness (QED) is 0.764. The number of likely N-dealkylation sites (tertiary alicyclic amines) is 1. The van der Waals surface area contributed by atoms with Crippen LogP contribution in [0, 0.1) is 0 Å². The monoisotopic (exact) mass is 281 g/mol. The van der Waals surface area contributed by atoms with Crippen LogP contribution < -0.4 is 10.6 Å². The summed E-state index contributed by atoms with van der Waals surface area (Å²) in [5, 5.41) is 6.31. The second kappa shape index (κ2) is 7.07. The molecular formula is C15H27N3O2. The summed E-state index contributed by atoms with van der Waals surface area (Å²) in [7, 11) is 0. The Bertz CT molecular complexity index is 345. The van der Waals surface area contributed by atoms with E-state index >= 15 is 0 Å². The molecule has 1 atom stereocenters. The van der Waals surface area contributed by atoms with Crippen molar-refractivity contribution in [3.05, 3.63) is 0 Å². The van der Waals surface area contributed by atoms with Crippen LogP contribution in [0.3, 0.4) is 0 Å². The Morgan fingerprint density at radius 2 is 2.00 bits per heavy atom. The Hall–Kier alpha value is -1.10. The van der Waals surface area contributed by atoms with Crippen molar-refractivity contribution in [1.29, 1.82) is 0 Å². The van der Waals surface area contributed by atoms with E-state index in [0.717, 1.165) is 58.2 Å². The van der Waals surface area contributed by atoms with Crippen molar-refractivity contribution in [1.82, 2.24) is 15.5 Å². The summed E-state index contributed by atoms with van der Waals surface area (Å²) in [4.78, 5) is 26.2. The van der Waals surface area contributed by atoms with Gasteiger partial charge in [0.05, 0.1) is 5.54 Å². The molecule has 0 saturated carbocycles. The van der Waals surface area contributed by atoms with Crippen molar-refractivity contribution in [2.24, 2.45) is 0 Å². The summed E-state index contributed by atoms with van der Waals surface area (Å²) in [5.74, 6) is 0.248. The molecule has 0 aromatic rings. The van der Waals surface area contributed by atoms with Gasteiger partial charge in [0, 0.05) is 26.1 Å². The largest absolute Gasteiger partial charge is 0.354 e. The first-order chi connectivity index (χ1) is 9.68. The maximum absolute atomic E-state index is 12.4. The number of rotatable bonds is 6. The molecule has 2 aliphatic rings. The topological polar surface area (TPSA) is 61.4 Å². The Labute approximate surface area is 121 Å². The smallest absolute Gasteiger partial charge is 0.240 e. The molecule has 2 N–H and O–H groups in total. The van der Waals surface area contributed by atoms with E-state index in [-0.39, 0.29) is 17.4 Å². The molecule has 0 radical (unpaired) electrons. The Morgan fingerprint density at radius 3 is 2.60 bits per heavy atom. The third-order valence-corrected chi connectivity index (χ3v) is 4.44. The van der Waals surface area contributed by atoms with Gasteiger partial charge in [-0.25, -0.2) is 0 Å². The van der Waals surface area contributed by atoms with Gasteiger partial charge in [-0.1, -0.05) is 13.3 Å². The van der Waals surface area contributed by atoms with Crippen LogP contribution in [0.2, 0.25) is 0 Å². The van der Waals surface area contributed by atoms with Crippen molar-refractivity contribution in [2.75, 3.05) is 26.2 Å². The highest BCUT2D eigenvalue weighted by molar-refractivity contribution is 5.87. The van der Waals surface area contributed by atoms with Gasteiger partial charge in [0.2, 0.25) is 11.8 Å². The van der Waals surface area contributed by atoms with Gasteiger partial charge in [-0.2, -0.15) is 0 Å². The van der Waals surface area contributed by atoms with Crippen molar-refractivity contribution in [3.63, 3.8) is 0 Å². The number of carbonyl (C=O) groups excluding carboxylic acids is 2. The highest BCUT2D eigenvalue weighted by atomic mass is 16.2. The van der Waals surface area contributed by atoms with E-state index in [9.17, 15) is 9.59 Å². The summed E-state index contributed by atoms with van der Waals surface area (Å²) in [6, 6.07) is 0. The summed E-state index contributed by atoms with van der Waals surface area (Å²) >= 11 is 0. The van der Waals surface area contributed by atoms with Crippen LogP contribution in [0.5, 0.6) is 0 Å². The Morgan fingerprint density at radius 1 is 1.25 bits per heavy atom. The van der Waals surface area contributed by atoms with E-state index < -0.39 is 0 Å². The second-order valence-corrected chi connectivity index (χ2v) is 5.96. The van der Waals surface area contributed by atoms with Gasteiger partial charge in [0.15, 0.2) is 0 Å². The lowest BCUT2D eigenvalue weighted by Gasteiger charge is -2.28. The minimum Gasteiger partial charge on any atom is -0.354 e. The average Bonchev–Trinajstić information content (AvgIpc) is 3.10. The molecule has 20 heavy (non-hydrogen) atoms. The van der Waals surface area contributed by atoms with Gasteiger partial charge in [0.25, 0.3) is 0 Å². The van der Waals surface area contributed by atoms with E-state index in [2.05, 4.69) is 17.6 Å². The molecule has 1 unspecified atom stereocenters. The summed E-state index contributed by atoms with van der Waals surface area (Å²) in [6.45, 7) is 5.25. The number of amides is 2. The van der Waals surface area contributed by atoms with Crippen LogP contribution in [0.15, 0.2) is 0 Å². The van der Waals surface area contributed by atoms with Gasteiger partial charge >= 0.3 is 0 Å². The number of nitrogens with one attached hydrogen (secondary N) is 2. The van der Waals surface area contributed by atoms with Gasteiger partial charge in [-0.3, -0.25) is 9.59 Å². The fourth-order valence-electron chi connectivity index (χ4n) is 3.33. The zero-order valence-electron chi connectivity index (χ0n) is 12.5. The third-order valence-electron chi connectivity index (χ3n) is 4.44. The van der Waals surface area contributed by atoms with Gasteiger partial charge in [-0.05, 0) is 38.6 Å². The Kier molecular flexibility index (Phi) is 5.40. The standard InChI is InChI=1S/C15H27N3O2/c1-2-7-15(8-5-9-17-15)14(20)16-10-6-13(19)18-11-3-4-12-18/h17H,2-12H2,1H3,(H,16,20).